The summed E-state index contributed by atoms with van der Waals surface area (Å²) in [7, 11) is 1.71. The number of hydrogen-bond acceptors (Lipinski definition) is 3. The van der Waals surface area contributed by atoms with Crippen molar-refractivity contribution in [1.29, 1.82) is 0 Å². The second kappa shape index (κ2) is 11.1. The molecule has 3 aromatic carbocycles. The van der Waals surface area contributed by atoms with Gasteiger partial charge in [-0.1, -0.05) is 66.7 Å². The number of nitrogens with one attached hydrogen (secondary N) is 1. The summed E-state index contributed by atoms with van der Waals surface area (Å²) < 4.78 is 0. The summed E-state index contributed by atoms with van der Waals surface area (Å²) in [6.45, 7) is 0.480. The fourth-order valence-corrected chi connectivity index (χ4v) is 4.48. The normalized spacial score (nSPS) is 16.3. The number of anilines is 1. The van der Waals surface area contributed by atoms with Crippen molar-refractivity contribution in [1.82, 2.24) is 5.32 Å². The summed E-state index contributed by atoms with van der Waals surface area (Å²) in [5.74, 6) is -0.657. The van der Waals surface area contributed by atoms with E-state index < -0.39 is 11.9 Å². The van der Waals surface area contributed by atoms with E-state index in [1.807, 2.05) is 47.4 Å². The summed E-state index contributed by atoms with van der Waals surface area (Å²) in [4.78, 5) is 27.4. The molecule has 3 N–H and O–H groups in total. The SMILES string of the molecule is CN[C@@H](CC1CCc2ccccc2N(Cc2cccc(-c3ccccc3)c2)C1=O)C(N)=O.Cl. The number of aryl methyl sites for hydroxylation is 1. The van der Waals surface area contributed by atoms with Gasteiger partial charge in [0.15, 0.2) is 0 Å². The van der Waals surface area contributed by atoms with Crippen LogP contribution in [0.2, 0.25) is 0 Å². The monoisotopic (exact) mass is 463 g/mol. The van der Waals surface area contributed by atoms with Gasteiger partial charge in [0.05, 0.1) is 12.6 Å². The third kappa shape index (κ3) is 5.62. The van der Waals surface area contributed by atoms with Crippen molar-refractivity contribution in [3.8, 4) is 11.1 Å². The molecule has 33 heavy (non-hydrogen) atoms. The molecular weight excluding hydrogens is 434 g/mol. The number of halogens is 1. The largest absolute Gasteiger partial charge is 0.368 e. The molecule has 1 heterocycles. The Hall–Kier alpha value is -3.15. The second-order valence-electron chi connectivity index (χ2n) is 8.33. The first-order valence-electron chi connectivity index (χ1n) is 11.1. The van der Waals surface area contributed by atoms with Crippen molar-refractivity contribution < 1.29 is 9.59 Å². The quantitative estimate of drug-likeness (QED) is 0.547. The standard InChI is InChI=1S/C27H29N3O2.ClH/c1-29-24(26(28)31)17-23-15-14-21-11-5-6-13-25(21)30(27(23)32)18-19-8-7-12-22(16-19)20-9-3-2-4-10-20;/h2-13,16,23-24,29H,14-15,17-18H2,1H3,(H2,28,31);1H/t23?,24-;/m0./s1. The van der Waals surface area contributed by atoms with E-state index >= 15 is 0 Å². The van der Waals surface area contributed by atoms with Crippen LogP contribution in [0.4, 0.5) is 5.69 Å². The number of primary amides is 1. The Morgan fingerprint density at radius 3 is 2.45 bits per heavy atom. The van der Waals surface area contributed by atoms with Crippen molar-refractivity contribution in [2.75, 3.05) is 11.9 Å². The average molecular weight is 464 g/mol. The average Bonchev–Trinajstić information content (AvgIpc) is 2.95. The number of fused-ring (bicyclic) bond motifs is 1. The van der Waals surface area contributed by atoms with Gasteiger partial charge >= 0.3 is 0 Å². The van der Waals surface area contributed by atoms with Crippen LogP contribution in [-0.4, -0.2) is 24.9 Å². The molecule has 1 aliphatic rings. The predicted octanol–water partition coefficient (Wildman–Crippen LogP) is 4.33. The Kier molecular flexibility index (Phi) is 8.26. The fraction of sp³-hybridized carbons (Fsp3) is 0.259. The molecule has 0 spiro atoms. The zero-order chi connectivity index (χ0) is 22.5. The van der Waals surface area contributed by atoms with E-state index in [9.17, 15) is 9.59 Å². The minimum atomic E-state index is -0.520. The minimum Gasteiger partial charge on any atom is -0.368 e. The van der Waals surface area contributed by atoms with Gasteiger partial charge in [-0.15, -0.1) is 12.4 Å². The maximum absolute atomic E-state index is 13.7. The van der Waals surface area contributed by atoms with Crippen LogP contribution in [0.15, 0.2) is 78.9 Å². The van der Waals surface area contributed by atoms with E-state index in [1.54, 1.807) is 7.05 Å². The van der Waals surface area contributed by atoms with Gasteiger partial charge in [0.1, 0.15) is 0 Å². The van der Waals surface area contributed by atoms with Crippen LogP contribution < -0.4 is 16.0 Å². The van der Waals surface area contributed by atoms with Gasteiger partial charge in [-0.2, -0.15) is 0 Å². The zero-order valence-corrected chi connectivity index (χ0v) is 19.6. The van der Waals surface area contributed by atoms with Gasteiger partial charge < -0.3 is 16.0 Å². The molecule has 0 fully saturated rings. The number of carbonyl (C=O) groups excluding carboxylic acids is 2. The van der Waals surface area contributed by atoms with Crippen LogP contribution in [0.3, 0.4) is 0 Å². The van der Waals surface area contributed by atoms with E-state index in [0.29, 0.717) is 19.4 Å². The molecule has 0 saturated carbocycles. The molecule has 0 aliphatic carbocycles. The molecule has 0 radical (unpaired) electrons. The Balaban J connectivity index is 0.00000306. The topological polar surface area (TPSA) is 75.4 Å². The maximum atomic E-state index is 13.7. The number of likely N-dealkylation sites (N-methyl/N-ethyl adjacent to an activating group) is 1. The third-order valence-corrected chi connectivity index (χ3v) is 6.25. The number of rotatable bonds is 7. The number of hydrogen-bond donors (Lipinski definition) is 2. The van der Waals surface area contributed by atoms with Gasteiger partial charge in [-0.25, -0.2) is 0 Å². The van der Waals surface area contributed by atoms with E-state index in [-0.39, 0.29) is 24.2 Å². The molecule has 5 nitrogen and oxygen atoms in total. The first kappa shape index (κ1) is 24.5. The molecule has 2 amide bonds. The van der Waals surface area contributed by atoms with Crippen molar-refractivity contribution in [3.05, 3.63) is 90.0 Å². The molecule has 1 unspecified atom stereocenters. The molecule has 0 aromatic heterocycles. The molecule has 1 aliphatic heterocycles. The first-order chi connectivity index (χ1) is 15.6. The highest BCUT2D eigenvalue weighted by molar-refractivity contribution is 5.97. The highest BCUT2D eigenvalue weighted by atomic mass is 35.5. The number of nitrogens with two attached hydrogens (primary N) is 1. The molecule has 6 heteroatoms. The summed E-state index contributed by atoms with van der Waals surface area (Å²) in [6, 6.07) is 26.1. The Morgan fingerprint density at radius 2 is 1.73 bits per heavy atom. The molecule has 4 rings (SSSR count). The van der Waals surface area contributed by atoms with Crippen molar-refractivity contribution in [2.45, 2.75) is 31.8 Å². The highest BCUT2D eigenvalue weighted by Gasteiger charge is 2.33. The molecular formula is C27H30ClN3O2. The van der Waals surface area contributed by atoms with Gasteiger partial charge in [-0.05, 0) is 60.7 Å². The number of nitrogens with zero attached hydrogens (tertiary/aromatic N) is 1. The van der Waals surface area contributed by atoms with Crippen LogP contribution in [0.5, 0.6) is 0 Å². The lowest BCUT2D eigenvalue weighted by molar-refractivity contribution is -0.124. The minimum absolute atomic E-state index is 0. The van der Waals surface area contributed by atoms with Crippen LogP contribution in [0.25, 0.3) is 11.1 Å². The third-order valence-electron chi connectivity index (χ3n) is 6.25. The van der Waals surface area contributed by atoms with E-state index in [2.05, 4.69) is 41.7 Å². The van der Waals surface area contributed by atoms with Crippen LogP contribution in [0.1, 0.15) is 24.0 Å². The van der Waals surface area contributed by atoms with E-state index in [0.717, 1.165) is 34.4 Å². The first-order valence-corrected chi connectivity index (χ1v) is 11.1. The van der Waals surface area contributed by atoms with Gasteiger partial charge in [-0.3, -0.25) is 9.59 Å². The molecule has 0 bridgehead atoms. The lowest BCUT2D eigenvalue weighted by atomic mass is 9.93. The number of para-hydroxylation sites is 1. The van der Waals surface area contributed by atoms with Gasteiger partial charge in [0.25, 0.3) is 0 Å². The van der Waals surface area contributed by atoms with E-state index in [1.165, 1.54) is 0 Å². The smallest absolute Gasteiger partial charge is 0.234 e. The van der Waals surface area contributed by atoms with Gasteiger partial charge in [0.2, 0.25) is 11.8 Å². The maximum Gasteiger partial charge on any atom is 0.234 e. The Labute approximate surface area is 201 Å². The predicted molar refractivity (Wildman–Crippen MR) is 135 cm³/mol. The number of carbonyl (C=O) groups is 2. The fourth-order valence-electron chi connectivity index (χ4n) is 4.48. The molecule has 3 aromatic rings. The molecule has 2 atom stereocenters. The second-order valence-corrected chi connectivity index (χ2v) is 8.33. The van der Waals surface area contributed by atoms with Crippen LogP contribution in [0, 0.1) is 5.92 Å². The Bertz CT molecular complexity index is 1100. The van der Waals surface area contributed by atoms with E-state index in [4.69, 9.17) is 5.73 Å². The van der Waals surface area contributed by atoms with Gasteiger partial charge in [0, 0.05) is 11.6 Å². The molecule has 172 valence electrons. The van der Waals surface area contributed by atoms with Crippen molar-refractivity contribution >= 4 is 29.9 Å². The summed E-state index contributed by atoms with van der Waals surface area (Å²) >= 11 is 0. The van der Waals surface area contributed by atoms with Crippen molar-refractivity contribution in [2.24, 2.45) is 11.7 Å². The summed E-state index contributed by atoms with van der Waals surface area (Å²) in [5.41, 5.74) is 11.0. The lowest BCUT2D eigenvalue weighted by Gasteiger charge is -2.27. The zero-order valence-electron chi connectivity index (χ0n) is 18.7. The Morgan fingerprint density at radius 1 is 1.03 bits per heavy atom. The van der Waals surface area contributed by atoms with Crippen LogP contribution >= 0.6 is 12.4 Å². The highest BCUT2D eigenvalue weighted by Crippen LogP contribution is 2.33. The summed E-state index contributed by atoms with van der Waals surface area (Å²) in [6.07, 6.45) is 1.89. The summed E-state index contributed by atoms with van der Waals surface area (Å²) in [5, 5.41) is 2.96. The van der Waals surface area contributed by atoms with Crippen molar-refractivity contribution in [3.63, 3.8) is 0 Å². The lowest BCUT2D eigenvalue weighted by Crippen LogP contribution is -2.44. The number of benzene rings is 3. The van der Waals surface area contributed by atoms with Crippen LogP contribution in [-0.2, 0) is 22.6 Å². The number of amides is 2. The molecule has 0 saturated heterocycles.